The van der Waals surface area contributed by atoms with E-state index in [1.165, 1.54) is 0 Å². The highest BCUT2D eigenvalue weighted by Gasteiger charge is 2.12. The molecule has 1 aromatic heterocycles. The SMILES string of the molecule is CCc1cn[nH]c1NC(=O)c1ccccc1Br. The molecule has 88 valence electrons. The van der Waals surface area contributed by atoms with Crippen molar-refractivity contribution in [3.63, 3.8) is 0 Å². The first-order valence-electron chi connectivity index (χ1n) is 5.30. The molecule has 0 saturated carbocycles. The molecular weight excluding hydrogens is 282 g/mol. The third kappa shape index (κ3) is 2.55. The lowest BCUT2D eigenvalue weighted by Gasteiger charge is -2.06. The molecule has 1 aromatic carbocycles. The van der Waals surface area contributed by atoms with E-state index in [9.17, 15) is 4.79 Å². The van der Waals surface area contributed by atoms with E-state index in [-0.39, 0.29) is 5.91 Å². The van der Waals surface area contributed by atoms with E-state index in [1.54, 1.807) is 12.3 Å². The molecule has 4 nitrogen and oxygen atoms in total. The second-order valence-electron chi connectivity index (χ2n) is 3.56. The van der Waals surface area contributed by atoms with Crippen LogP contribution in [0.3, 0.4) is 0 Å². The van der Waals surface area contributed by atoms with Crippen LogP contribution in [0.25, 0.3) is 0 Å². The zero-order valence-corrected chi connectivity index (χ0v) is 10.9. The van der Waals surface area contributed by atoms with Gasteiger partial charge >= 0.3 is 0 Å². The zero-order chi connectivity index (χ0) is 12.3. The van der Waals surface area contributed by atoms with Gasteiger partial charge in [-0.2, -0.15) is 5.10 Å². The highest BCUT2D eigenvalue weighted by Crippen LogP contribution is 2.18. The lowest BCUT2D eigenvalue weighted by molar-refractivity contribution is 0.102. The standard InChI is InChI=1S/C12H12BrN3O/c1-2-8-7-14-16-11(8)15-12(17)9-5-3-4-6-10(9)13/h3-7H,2H2,1H3,(H2,14,15,16,17). The Labute approximate surface area is 108 Å². The number of aryl methyl sites for hydroxylation is 1. The fourth-order valence-electron chi connectivity index (χ4n) is 1.51. The summed E-state index contributed by atoms with van der Waals surface area (Å²) in [5.41, 5.74) is 1.59. The molecule has 0 aliphatic heterocycles. The van der Waals surface area contributed by atoms with Crippen molar-refractivity contribution >= 4 is 27.7 Å². The Morgan fingerprint density at radius 2 is 2.24 bits per heavy atom. The van der Waals surface area contributed by atoms with E-state index in [2.05, 4.69) is 31.4 Å². The summed E-state index contributed by atoms with van der Waals surface area (Å²) in [6.45, 7) is 2.01. The van der Waals surface area contributed by atoms with Crippen LogP contribution in [0.2, 0.25) is 0 Å². The third-order valence-corrected chi connectivity index (χ3v) is 3.15. The van der Waals surface area contributed by atoms with E-state index >= 15 is 0 Å². The summed E-state index contributed by atoms with van der Waals surface area (Å²) in [6, 6.07) is 7.30. The van der Waals surface area contributed by atoms with Crippen LogP contribution in [-0.2, 0) is 6.42 Å². The number of benzene rings is 1. The van der Waals surface area contributed by atoms with Gasteiger partial charge in [-0.15, -0.1) is 0 Å². The number of H-pyrrole nitrogens is 1. The zero-order valence-electron chi connectivity index (χ0n) is 9.33. The molecule has 2 N–H and O–H groups in total. The number of carbonyl (C=O) groups is 1. The van der Waals surface area contributed by atoms with Crippen LogP contribution in [0.1, 0.15) is 22.8 Å². The minimum absolute atomic E-state index is 0.156. The van der Waals surface area contributed by atoms with Gasteiger partial charge in [0.05, 0.1) is 11.8 Å². The van der Waals surface area contributed by atoms with Crippen LogP contribution in [0.5, 0.6) is 0 Å². The molecule has 5 heteroatoms. The molecule has 0 saturated heterocycles. The fraction of sp³-hybridized carbons (Fsp3) is 0.167. The minimum Gasteiger partial charge on any atom is -0.307 e. The first-order valence-corrected chi connectivity index (χ1v) is 6.09. The predicted octanol–water partition coefficient (Wildman–Crippen LogP) is 2.99. The molecule has 17 heavy (non-hydrogen) atoms. The van der Waals surface area contributed by atoms with E-state index in [1.807, 2.05) is 25.1 Å². The van der Waals surface area contributed by atoms with Gasteiger partial charge in [0.15, 0.2) is 0 Å². The van der Waals surface area contributed by atoms with Crippen LogP contribution in [0, 0.1) is 0 Å². The first-order chi connectivity index (χ1) is 8.22. The number of nitrogens with zero attached hydrogens (tertiary/aromatic N) is 1. The van der Waals surface area contributed by atoms with Crippen LogP contribution < -0.4 is 5.32 Å². The van der Waals surface area contributed by atoms with Crippen molar-refractivity contribution in [1.82, 2.24) is 10.2 Å². The largest absolute Gasteiger partial charge is 0.307 e. The summed E-state index contributed by atoms with van der Waals surface area (Å²) in [7, 11) is 0. The molecule has 0 spiro atoms. The Balaban J connectivity index is 2.20. The Morgan fingerprint density at radius 1 is 1.47 bits per heavy atom. The van der Waals surface area contributed by atoms with E-state index < -0.39 is 0 Å². The maximum atomic E-state index is 12.0. The summed E-state index contributed by atoms with van der Waals surface area (Å²) < 4.78 is 0.773. The lowest BCUT2D eigenvalue weighted by atomic mass is 10.2. The lowest BCUT2D eigenvalue weighted by Crippen LogP contribution is -2.13. The van der Waals surface area contributed by atoms with Crippen molar-refractivity contribution in [3.8, 4) is 0 Å². The number of rotatable bonds is 3. The van der Waals surface area contributed by atoms with E-state index in [0.717, 1.165) is 16.5 Å². The van der Waals surface area contributed by atoms with Gasteiger partial charge in [-0.05, 0) is 34.5 Å². The van der Waals surface area contributed by atoms with Crippen molar-refractivity contribution in [2.45, 2.75) is 13.3 Å². The number of amides is 1. The first kappa shape index (κ1) is 11.9. The van der Waals surface area contributed by atoms with Crippen molar-refractivity contribution in [2.24, 2.45) is 0 Å². The Bertz CT molecular complexity index is 536. The second kappa shape index (κ2) is 5.14. The molecule has 0 aliphatic rings. The topological polar surface area (TPSA) is 57.8 Å². The second-order valence-corrected chi connectivity index (χ2v) is 4.41. The summed E-state index contributed by atoms with van der Waals surface area (Å²) >= 11 is 3.35. The number of anilines is 1. The molecule has 0 unspecified atom stereocenters. The van der Waals surface area contributed by atoms with Crippen molar-refractivity contribution in [2.75, 3.05) is 5.32 Å². The van der Waals surface area contributed by atoms with Gasteiger partial charge in [0.1, 0.15) is 5.82 Å². The Morgan fingerprint density at radius 3 is 2.94 bits per heavy atom. The van der Waals surface area contributed by atoms with Crippen LogP contribution in [0.15, 0.2) is 34.9 Å². The van der Waals surface area contributed by atoms with Crippen LogP contribution >= 0.6 is 15.9 Å². The van der Waals surface area contributed by atoms with Crippen LogP contribution in [-0.4, -0.2) is 16.1 Å². The third-order valence-electron chi connectivity index (χ3n) is 2.46. The summed E-state index contributed by atoms with van der Waals surface area (Å²) in [4.78, 5) is 12.0. The molecular formula is C12H12BrN3O. The normalized spacial score (nSPS) is 10.2. The molecule has 0 radical (unpaired) electrons. The molecule has 2 aromatic rings. The number of aromatic amines is 1. The van der Waals surface area contributed by atoms with Gasteiger partial charge in [0, 0.05) is 10.0 Å². The van der Waals surface area contributed by atoms with Gasteiger partial charge in [-0.25, -0.2) is 0 Å². The maximum Gasteiger partial charge on any atom is 0.257 e. The quantitative estimate of drug-likeness (QED) is 0.914. The monoisotopic (exact) mass is 293 g/mol. The van der Waals surface area contributed by atoms with Crippen molar-refractivity contribution in [3.05, 3.63) is 46.1 Å². The molecule has 2 rings (SSSR count). The highest BCUT2D eigenvalue weighted by molar-refractivity contribution is 9.10. The number of hydrogen-bond donors (Lipinski definition) is 2. The molecule has 0 atom stereocenters. The van der Waals surface area contributed by atoms with E-state index in [4.69, 9.17) is 0 Å². The van der Waals surface area contributed by atoms with Gasteiger partial charge in [0.2, 0.25) is 0 Å². The smallest absolute Gasteiger partial charge is 0.257 e. The summed E-state index contributed by atoms with van der Waals surface area (Å²) in [5, 5.41) is 9.50. The number of carbonyl (C=O) groups excluding carboxylic acids is 1. The summed E-state index contributed by atoms with van der Waals surface area (Å²) in [5.74, 6) is 0.504. The summed E-state index contributed by atoms with van der Waals surface area (Å²) in [6.07, 6.45) is 2.54. The molecule has 0 bridgehead atoms. The predicted molar refractivity (Wildman–Crippen MR) is 70.1 cm³/mol. The van der Waals surface area contributed by atoms with Crippen LogP contribution in [0.4, 0.5) is 5.82 Å². The molecule has 1 amide bonds. The highest BCUT2D eigenvalue weighted by atomic mass is 79.9. The molecule has 0 fully saturated rings. The van der Waals surface area contributed by atoms with Gasteiger partial charge in [-0.1, -0.05) is 19.1 Å². The molecule has 1 heterocycles. The van der Waals surface area contributed by atoms with Crippen molar-refractivity contribution < 1.29 is 4.79 Å². The average molecular weight is 294 g/mol. The Hall–Kier alpha value is -1.62. The van der Waals surface area contributed by atoms with Gasteiger partial charge in [0.25, 0.3) is 5.91 Å². The number of nitrogens with one attached hydrogen (secondary N) is 2. The van der Waals surface area contributed by atoms with E-state index in [0.29, 0.717) is 11.4 Å². The number of aromatic nitrogens is 2. The fourth-order valence-corrected chi connectivity index (χ4v) is 1.98. The molecule has 0 aliphatic carbocycles. The van der Waals surface area contributed by atoms with Crippen molar-refractivity contribution in [1.29, 1.82) is 0 Å². The number of halogens is 1. The number of hydrogen-bond acceptors (Lipinski definition) is 2. The average Bonchev–Trinajstić information content (AvgIpc) is 2.76. The minimum atomic E-state index is -0.156. The van der Waals surface area contributed by atoms with Gasteiger partial charge < -0.3 is 5.32 Å². The van der Waals surface area contributed by atoms with Gasteiger partial charge in [-0.3, -0.25) is 9.89 Å². The maximum absolute atomic E-state index is 12.0. The Kier molecular flexibility index (Phi) is 3.58.